The quantitative estimate of drug-likeness (QED) is 0.838. The third-order valence-corrected chi connectivity index (χ3v) is 3.87. The second-order valence-corrected chi connectivity index (χ2v) is 5.28. The zero-order valence-corrected chi connectivity index (χ0v) is 12.1. The summed E-state index contributed by atoms with van der Waals surface area (Å²) in [6.07, 6.45) is 3.72. The number of furan rings is 1. The molecule has 0 saturated carbocycles. The summed E-state index contributed by atoms with van der Waals surface area (Å²) in [7, 11) is 2.01. The molecule has 3 rings (SSSR count). The van der Waals surface area contributed by atoms with Crippen LogP contribution in [0.25, 0.3) is 0 Å². The molecule has 0 fully saturated rings. The fourth-order valence-electron chi connectivity index (χ4n) is 2.85. The Morgan fingerprint density at radius 2 is 2.40 bits per heavy atom. The molecule has 0 amide bonds. The van der Waals surface area contributed by atoms with E-state index < -0.39 is 0 Å². The number of aryl methyl sites for hydroxylation is 1. The minimum absolute atomic E-state index is 0.391. The largest absolute Gasteiger partial charge is 0.468 e. The first-order valence-electron chi connectivity index (χ1n) is 7.11. The van der Waals surface area contributed by atoms with E-state index in [1.807, 2.05) is 37.0 Å². The van der Waals surface area contributed by atoms with Gasteiger partial charge < -0.3 is 9.15 Å². The zero-order valence-electron chi connectivity index (χ0n) is 12.1. The monoisotopic (exact) mass is 275 g/mol. The van der Waals surface area contributed by atoms with Crippen LogP contribution in [0.4, 0.5) is 0 Å². The molecule has 0 N–H and O–H groups in total. The summed E-state index contributed by atoms with van der Waals surface area (Å²) >= 11 is 0. The smallest absolute Gasteiger partial charge is 0.117 e. The van der Waals surface area contributed by atoms with Crippen molar-refractivity contribution in [2.75, 3.05) is 19.8 Å². The molecular weight excluding hydrogens is 254 g/mol. The average Bonchev–Trinajstić information content (AvgIpc) is 3.07. The van der Waals surface area contributed by atoms with Crippen LogP contribution in [0.1, 0.15) is 29.9 Å². The summed E-state index contributed by atoms with van der Waals surface area (Å²) in [4.78, 5) is 2.40. The van der Waals surface area contributed by atoms with Gasteiger partial charge in [0.25, 0.3) is 0 Å². The second kappa shape index (κ2) is 5.81. The van der Waals surface area contributed by atoms with E-state index >= 15 is 0 Å². The maximum absolute atomic E-state index is 5.64. The lowest BCUT2D eigenvalue weighted by molar-refractivity contribution is 0.102. The van der Waals surface area contributed by atoms with Gasteiger partial charge in [0.05, 0.1) is 31.3 Å². The van der Waals surface area contributed by atoms with Crippen LogP contribution in [0.2, 0.25) is 0 Å². The molecule has 5 nitrogen and oxygen atoms in total. The molecule has 20 heavy (non-hydrogen) atoms. The summed E-state index contributed by atoms with van der Waals surface area (Å²) in [6.45, 7) is 6.27. The first kappa shape index (κ1) is 13.4. The van der Waals surface area contributed by atoms with E-state index in [0.29, 0.717) is 5.92 Å². The van der Waals surface area contributed by atoms with Gasteiger partial charge in [-0.15, -0.1) is 0 Å². The zero-order chi connectivity index (χ0) is 13.9. The van der Waals surface area contributed by atoms with Crippen LogP contribution in [-0.4, -0.2) is 34.4 Å². The molecule has 0 spiro atoms. The van der Waals surface area contributed by atoms with E-state index in [-0.39, 0.29) is 0 Å². The highest BCUT2D eigenvalue weighted by molar-refractivity contribution is 5.26. The van der Waals surface area contributed by atoms with E-state index in [2.05, 4.69) is 10.00 Å². The van der Waals surface area contributed by atoms with Gasteiger partial charge in [-0.1, -0.05) is 0 Å². The highest BCUT2D eigenvalue weighted by Gasteiger charge is 2.28. The molecule has 2 aromatic heterocycles. The Bertz CT molecular complexity index is 547. The molecule has 0 saturated heterocycles. The molecule has 108 valence electrons. The van der Waals surface area contributed by atoms with Gasteiger partial charge in [0.1, 0.15) is 5.76 Å². The van der Waals surface area contributed by atoms with Gasteiger partial charge in [-0.25, -0.2) is 0 Å². The highest BCUT2D eigenvalue weighted by Crippen LogP contribution is 2.29. The number of rotatable bonds is 5. The van der Waals surface area contributed by atoms with Crippen molar-refractivity contribution in [3.63, 3.8) is 0 Å². The molecule has 0 radical (unpaired) electrons. The van der Waals surface area contributed by atoms with Crippen molar-refractivity contribution in [3.8, 4) is 0 Å². The number of hydrogen-bond donors (Lipinski definition) is 0. The maximum Gasteiger partial charge on any atom is 0.117 e. The Hall–Kier alpha value is -1.59. The molecule has 1 aliphatic heterocycles. The minimum Gasteiger partial charge on any atom is -0.468 e. The lowest BCUT2D eigenvalue weighted by atomic mass is 9.95. The third kappa shape index (κ3) is 2.64. The predicted molar refractivity (Wildman–Crippen MR) is 75.3 cm³/mol. The summed E-state index contributed by atoms with van der Waals surface area (Å²) in [5.74, 6) is 1.40. The Morgan fingerprint density at radius 3 is 3.15 bits per heavy atom. The minimum atomic E-state index is 0.391. The van der Waals surface area contributed by atoms with Gasteiger partial charge in [-0.2, -0.15) is 5.10 Å². The summed E-state index contributed by atoms with van der Waals surface area (Å²) < 4.78 is 13.1. The molecule has 5 heteroatoms. The SMILES string of the molecule is CCOCC1CN(Cc2ccco2)Cc2c1cnn2C. The Kier molecular flexibility index (Phi) is 3.89. The van der Waals surface area contributed by atoms with E-state index in [0.717, 1.165) is 38.6 Å². The third-order valence-electron chi connectivity index (χ3n) is 3.87. The summed E-state index contributed by atoms with van der Waals surface area (Å²) in [5.41, 5.74) is 2.61. The van der Waals surface area contributed by atoms with Gasteiger partial charge >= 0.3 is 0 Å². The fraction of sp³-hybridized carbons (Fsp3) is 0.533. The van der Waals surface area contributed by atoms with E-state index in [4.69, 9.17) is 9.15 Å². The Labute approximate surface area is 119 Å². The maximum atomic E-state index is 5.64. The molecule has 1 atom stereocenters. The van der Waals surface area contributed by atoms with Gasteiger partial charge in [-0.05, 0) is 19.1 Å². The van der Waals surface area contributed by atoms with Crippen molar-refractivity contribution in [3.05, 3.63) is 41.6 Å². The van der Waals surface area contributed by atoms with Crippen LogP contribution in [0.5, 0.6) is 0 Å². The molecule has 0 aromatic carbocycles. The molecule has 0 bridgehead atoms. The van der Waals surface area contributed by atoms with Crippen molar-refractivity contribution in [1.29, 1.82) is 0 Å². The molecule has 1 aliphatic rings. The number of aromatic nitrogens is 2. The first-order valence-corrected chi connectivity index (χ1v) is 7.11. The number of hydrogen-bond acceptors (Lipinski definition) is 4. The van der Waals surface area contributed by atoms with Crippen LogP contribution in [0, 0.1) is 0 Å². The molecule has 3 heterocycles. The predicted octanol–water partition coefficient (Wildman–Crippen LogP) is 2.15. The second-order valence-electron chi connectivity index (χ2n) is 5.28. The van der Waals surface area contributed by atoms with Crippen molar-refractivity contribution >= 4 is 0 Å². The Balaban J connectivity index is 1.77. The average molecular weight is 275 g/mol. The van der Waals surface area contributed by atoms with Crippen LogP contribution in [-0.2, 0) is 24.9 Å². The molecule has 2 aromatic rings. The van der Waals surface area contributed by atoms with Gasteiger partial charge in [0, 0.05) is 38.2 Å². The molecular formula is C15H21N3O2. The molecule has 1 unspecified atom stereocenters. The van der Waals surface area contributed by atoms with Crippen LogP contribution < -0.4 is 0 Å². The van der Waals surface area contributed by atoms with Crippen molar-refractivity contribution in [2.45, 2.75) is 25.9 Å². The van der Waals surface area contributed by atoms with Crippen LogP contribution in [0.3, 0.4) is 0 Å². The van der Waals surface area contributed by atoms with E-state index in [1.54, 1.807) is 6.26 Å². The van der Waals surface area contributed by atoms with Crippen molar-refractivity contribution < 1.29 is 9.15 Å². The van der Waals surface area contributed by atoms with Gasteiger partial charge in [-0.3, -0.25) is 9.58 Å². The van der Waals surface area contributed by atoms with E-state index in [1.165, 1.54) is 11.3 Å². The standard InChI is InChI=1S/C15H21N3O2/c1-3-19-11-12-8-18(9-13-5-4-6-20-13)10-15-14(12)7-16-17(15)2/h4-7,12H,3,8-11H2,1-2H3. The number of ether oxygens (including phenoxy) is 1. The fourth-order valence-corrected chi connectivity index (χ4v) is 2.85. The van der Waals surface area contributed by atoms with Crippen LogP contribution in [0.15, 0.2) is 29.0 Å². The van der Waals surface area contributed by atoms with Gasteiger partial charge in [0.15, 0.2) is 0 Å². The lowest BCUT2D eigenvalue weighted by Crippen LogP contribution is -2.35. The van der Waals surface area contributed by atoms with Gasteiger partial charge in [0.2, 0.25) is 0 Å². The first-order chi connectivity index (χ1) is 9.78. The topological polar surface area (TPSA) is 43.4 Å². The number of nitrogens with zero attached hydrogens (tertiary/aromatic N) is 3. The summed E-state index contributed by atoms with van der Waals surface area (Å²) in [6, 6.07) is 3.96. The highest BCUT2D eigenvalue weighted by atomic mass is 16.5. The van der Waals surface area contributed by atoms with Crippen molar-refractivity contribution in [2.24, 2.45) is 7.05 Å². The molecule has 0 aliphatic carbocycles. The Morgan fingerprint density at radius 1 is 1.50 bits per heavy atom. The van der Waals surface area contributed by atoms with Crippen LogP contribution >= 0.6 is 0 Å². The van der Waals surface area contributed by atoms with Crippen molar-refractivity contribution in [1.82, 2.24) is 14.7 Å². The number of fused-ring (bicyclic) bond motifs is 1. The summed E-state index contributed by atoms with van der Waals surface area (Å²) in [5, 5.41) is 4.40. The normalized spacial score (nSPS) is 19.2. The lowest BCUT2D eigenvalue weighted by Gasteiger charge is -2.32. The van der Waals surface area contributed by atoms with E-state index in [9.17, 15) is 0 Å².